The molecule has 0 fully saturated rings. The molecule has 0 amide bonds. The molecule has 108 valence electrons. The Morgan fingerprint density at radius 3 is 2.70 bits per heavy atom. The lowest BCUT2D eigenvalue weighted by atomic mass is 10.1. The van der Waals surface area contributed by atoms with Gasteiger partial charge in [0.15, 0.2) is 5.76 Å². The maximum absolute atomic E-state index is 5.83. The summed E-state index contributed by atoms with van der Waals surface area (Å²) in [5.74, 6) is 1.60. The smallest absolute Gasteiger partial charge is 0.174 e. The van der Waals surface area contributed by atoms with Crippen molar-refractivity contribution in [2.45, 2.75) is 46.4 Å². The zero-order valence-electron chi connectivity index (χ0n) is 12.6. The van der Waals surface area contributed by atoms with Crippen LogP contribution in [0.2, 0.25) is 0 Å². The van der Waals surface area contributed by atoms with E-state index in [2.05, 4.69) is 50.3 Å². The summed E-state index contributed by atoms with van der Waals surface area (Å²) >= 11 is 0. The standard InChI is InChI=1S/C16H22N2O2/c1-12-5-6-15(19-11-14-7-8-18-20-14)13(9-12)10-17-16(2,3)4/h5-9,17H,10-11H2,1-4H3. The van der Waals surface area contributed by atoms with E-state index in [9.17, 15) is 0 Å². The van der Waals surface area contributed by atoms with Crippen LogP contribution in [0.15, 0.2) is 35.0 Å². The summed E-state index contributed by atoms with van der Waals surface area (Å²) in [7, 11) is 0. The highest BCUT2D eigenvalue weighted by Crippen LogP contribution is 2.22. The molecule has 0 aliphatic rings. The monoisotopic (exact) mass is 274 g/mol. The van der Waals surface area contributed by atoms with E-state index in [1.54, 1.807) is 12.3 Å². The summed E-state index contributed by atoms with van der Waals surface area (Å²) in [5.41, 5.74) is 2.45. The first-order valence-electron chi connectivity index (χ1n) is 6.81. The summed E-state index contributed by atoms with van der Waals surface area (Å²) in [5, 5.41) is 7.16. The molecule has 0 atom stereocenters. The summed E-state index contributed by atoms with van der Waals surface area (Å²) < 4.78 is 10.9. The molecular weight excluding hydrogens is 252 g/mol. The summed E-state index contributed by atoms with van der Waals surface area (Å²) in [6.07, 6.45) is 1.62. The van der Waals surface area contributed by atoms with Crippen LogP contribution in [0.3, 0.4) is 0 Å². The van der Waals surface area contributed by atoms with Crippen molar-refractivity contribution in [2.24, 2.45) is 0 Å². The number of aromatic nitrogens is 1. The molecule has 1 aromatic carbocycles. The van der Waals surface area contributed by atoms with Gasteiger partial charge in [-0.05, 0) is 33.8 Å². The van der Waals surface area contributed by atoms with Crippen LogP contribution >= 0.6 is 0 Å². The third kappa shape index (κ3) is 4.38. The SMILES string of the molecule is Cc1ccc(OCc2ccno2)c(CNC(C)(C)C)c1. The normalized spacial score (nSPS) is 11.6. The molecule has 0 bridgehead atoms. The number of nitrogens with zero attached hydrogens (tertiary/aromatic N) is 1. The van der Waals surface area contributed by atoms with E-state index < -0.39 is 0 Å². The van der Waals surface area contributed by atoms with Gasteiger partial charge < -0.3 is 14.6 Å². The third-order valence-electron chi connectivity index (χ3n) is 2.89. The molecule has 2 aromatic rings. The van der Waals surface area contributed by atoms with Gasteiger partial charge in [-0.1, -0.05) is 22.9 Å². The molecule has 1 N–H and O–H groups in total. The number of ether oxygens (including phenoxy) is 1. The molecule has 20 heavy (non-hydrogen) atoms. The second-order valence-corrected chi connectivity index (χ2v) is 5.98. The Labute approximate surface area is 120 Å². The average Bonchev–Trinajstić information content (AvgIpc) is 2.87. The van der Waals surface area contributed by atoms with Crippen LogP contribution in [-0.2, 0) is 13.2 Å². The molecule has 1 heterocycles. The molecule has 1 aromatic heterocycles. The molecule has 2 rings (SSSR count). The Hall–Kier alpha value is -1.81. The topological polar surface area (TPSA) is 47.3 Å². The predicted molar refractivity (Wildman–Crippen MR) is 78.6 cm³/mol. The summed E-state index contributed by atoms with van der Waals surface area (Å²) in [6.45, 7) is 9.71. The zero-order chi connectivity index (χ0) is 14.6. The molecule has 0 radical (unpaired) electrons. The van der Waals surface area contributed by atoms with E-state index in [0.29, 0.717) is 6.61 Å². The first kappa shape index (κ1) is 14.6. The Morgan fingerprint density at radius 2 is 2.05 bits per heavy atom. The number of benzene rings is 1. The number of aryl methyl sites for hydroxylation is 1. The van der Waals surface area contributed by atoms with Crippen molar-refractivity contribution in [1.82, 2.24) is 10.5 Å². The molecule has 0 saturated carbocycles. The molecule has 0 aliphatic carbocycles. The minimum absolute atomic E-state index is 0.0753. The lowest BCUT2D eigenvalue weighted by Crippen LogP contribution is -2.35. The highest BCUT2D eigenvalue weighted by molar-refractivity contribution is 5.37. The Kier molecular flexibility index (Phi) is 4.45. The highest BCUT2D eigenvalue weighted by Gasteiger charge is 2.11. The van der Waals surface area contributed by atoms with E-state index in [-0.39, 0.29) is 5.54 Å². The van der Waals surface area contributed by atoms with Gasteiger partial charge in [0.2, 0.25) is 0 Å². The predicted octanol–water partition coefficient (Wildman–Crippen LogP) is 3.45. The first-order valence-corrected chi connectivity index (χ1v) is 6.81. The molecule has 0 aliphatic heterocycles. The van der Waals surface area contributed by atoms with Crippen molar-refractivity contribution in [3.63, 3.8) is 0 Å². The van der Waals surface area contributed by atoms with Crippen molar-refractivity contribution < 1.29 is 9.26 Å². The van der Waals surface area contributed by atoms with Gasteiger partial charge in [0.25, 0.3) is 0 Å². The van der Waals surface area contributed by atoms with Crippen molar-refractivity contribution in [2.75, 3.05) is 0 Å². The van der Waals surface area contributed by atoms with Crippen LogP contribution in [-0.4, -0.2) is 10.7 Å². The average molecular weight is 274 g/mol. The number of hydrogen-bond acceptors (Lipinski definition) is 4. The Morgan fingerprint density at radius 1 is 1.25 bits per heavy atom. The molecule has 0 unspecified atom stereocenters. The fourth-order valence-corrected chi connectivity index (χ4v) is 1.81. The zero-order valence-corrected chi connectivity index (χ0v) is 12.6. The molecular formula is C16H22N2O2. The maximum Gasteiger partial charge on any atom is 0.174 e. The van der Waals surface area contributed by atoms with Crippen LogP contribution in [0.4, 0.5) is 0 Å². The molecule has 0 saturated heterocycles. The largest absolute Gasteiger partial charge is 0.485 e. The second kappa shape index (κ2) is 6.09. The first-order chi connectivity index (χ1) is 9.44. The highest BCUT2D eigenvalue weighted by atomic mass is 16.5. The van der Waals surface area contributed by atoms with Gasteiger partial charge in [0.05, 0.1) is 6.20 Å². The number of rotatable bonds is 5. The Balaban J connectivity index is 2.07. The van der Waals surface area contributed by atoms with E-state index in [0.717, 1.165) is 23.6 Å². The van der Waals surface area contributed by atoms with Crippen molar-refractivity contribution in [1.29, 1.82) is 0 Å². The van der Waals surface area contributed by atoms with Gasteiger partial charge in [0.1, 0.15) is 12.4 Å². The van der Waals surface area contributed by atoms with Gasteiger partial charge in [-0.3, -0.25) is 0 Å². The quantitative estimate of drug-likeness (QED) is 0.907. The minimum atomic E-state index is 0.0753. The fourth-order valence-electron chi connectivity index (χ4n) is 1.81. The van der Waals surface area contributed by atoms with E-state index in [1.807, 2.05) is 6.07 Å². The second-order valence-electron chi connectivity index (χ2n) is 5.98. The van der Waals surface area contributed by atoms with Crippen LogP contribution in [0.25, 0.3) is 0 Å². The number of nitrogens with one attached hydrogen (secondary N) is 1. The van der Waals surface area contributed by atoms with Gasteiger partial charge >= 0.3 is 0 Å². The van der Waals surface area contributed by atoms with E-state index in [4.69, 9.17) is 9.26 Å². The van der Waals surface area contributed by atoms with Gasteiger partial charge in [-0.25, -0.2) is 0 Å². The summed E-state index contributed by atoms with van der Waals surface area (Å²) in [6, 6.07) is 8.01. The molecule has 4 heteroatoms. The van der Waals surface area contributed by atoms with Crippen LogP contribution in [0.1, 0.15) is 37.7 Å². The van der Waals surface area contributed by atoms with Crippen molar-refractivity contribution in [3.8, 4) is 5.75 Å². The van der Waals surface area contributed by atoms with E-state index >= 15 is 0 Å². The maximum atomic E-state index is 5.83. The van der Waals surface area contributed by atoms with Crippen LogP contribution in [0, 0.1) is 6.92 Å². The van der Waals surface area contributed by atoms with Crippen LogP contribution in [0.5, 0.6) is 5.75 Å². The van der Waals surface area contributed by atoms with Gasteiger partial charge in [-0.2, -0.15) is 0 Å². The van der Waals surface area contributed by atoms with Gasteiger partial charge in [0, 0.05) is 23.7 Å². The van der Waals surface area contributed by atoms with E-state index in [1.165, 1.54) is 5.56 Å². The Bertz CT molecular complexity index is 542. The fraction of sp³-hybridized carbons (Fsp3) is 0.438. The lowest BCUT2D eigenvalue weighted by Gasteiger charge is -2.22. The number of hydrogen-bond donors (Lipinski definition) is 1. The minimum Gasteiger partial charge on any atom is -0.485 e. The van der Waals surface area contributed by atoms with Crippen LogP contribution < -0.4 is 10.1 Å². The lowest BCUT2D eigenvalue weighted by molar-refractivity contribution is 0.246. The van der Waals surface area contributed by atoms with Gasteiger partial charge in [-0.15, -0.1) is 0 Å². The molecule has 4 nitrogen and oxygen atoms in total. The van der Waals surface area contributed by atoms with Crippen molar-refractivity contribution in [3.05, 3.63) is 47.3 Å². The third-order valence-corrected chi connectivity index (χ3v) is 2.89. The van der Waals surface area contributed by atoms with Crippen molar-refractivity contribution >= 4 is 0 Å². The molecule has 0 spiro atoms. The summed E-state index contributed by atoms with van der Waals surface area (Å²) in [4.78, 5) is 0.